The van der Waals surface area contributed by atoms with Crippen molar-refractivity contribution in [1.29, 1.82) is 0 Å². The minimum absolute atomic E-state index is 0.809. The Morgan fingerprint density at radius 1 is 1.07 bits per heavy atom. The molecule has 2 aromatic carbocycles. The zero-order valence-electron chi connectivity index (χ0n) is 7.63. The molecule has 0 amide bonds. The van der Waals surface area contributed by atoms with Crippen LogP contribution < -0.4 is 0 Å². The summed E-state index contributed by atoms with van der Waals surface area (Å²) in [6.07, 6.45) is 0. The van der Waals surface area contributed by atoms with E-state index in [1.165, 1.54) is 23.7 Å². The third-order valence-corrected chi connectivity index (χ3v) is 5.11. The first-order valence-corrected chi connectivity index (χ1v) is 6.79. The first kappa shape index (κ1) is 9.87. The van der Waals surface area contributed by atoms with Crippen LogP contribution in [0.3, 0.4) is 0 Å². The number of rotatable bonds is 0. The zero-order chi connectivity index (χ0) is 10.4. The predicted molar refractivity (Wildman–Crippen MR) is 77.1 cm³/mol. The van der Waals surface area contributed by atoms with Crippen LogP contribution in [0.1, 0.15) is 0 Å². The molecule has 0 unspecified atom stereocenters. The molecule has 3 aromatic rings. The van der Waals surface area contributed by atoms with Crippen molar-refractivity contribution in [3.05, 3.63) is 45.0 Å². The summed E-state index contributed by atoms with van der Waals surface area (Å²) in [5, 5.41) is 3.44. The fraction of sp³-hybridized carbons (Fsp3) is 0. The molecule has 0 nitrogen and oxygen atoms in total. The number of hydrogen-bond acceptors (Lipinski definition) is 1. The Morgan fingerprint density at radius 2 is 1.93 bits per heavy atom. The van der Waals surface area contributed by atoms with E-state index in [0.717, 1.165) is 5.02 Å². The van der Waals surface area contributed by atoms with Crippen LogP contribution in [0.5, 0.6) is 0 Å². The number of benzene rings is 2. The Hall–Kier alpha value is -0.320. The molecule has 74 valence electrons. The Morgan fingerprint density at radius 3 is 2.80 bits per heavy atom. The molecule has 0 N–H and O–H groups in total. The molecule has 0 saturated heterocycles. The smallest absolute Gasteiger partial charge is 0.0488 e. The van der Waals surface area contributed by atoms with Gasteiger partial charge in [-0.15, -0.1) is 11.3 Å². The highest BCUT2D eigenvalue weighted by atomic mass is 127. The molecule has 0 fully saturated rings. The zero-order valence-corrected chi connectivity index (χ0v) is 11.4. The summed E-state index contributed by atoms with van der Waals surface area (Å²) in [6, 6.07) is 12.5. The van der Waals surface area contributed by atoms with Crippen molar-refractivity contribution in [2.45, 2.75) is 0 Å². The van der Waals surface area contributed by atoms with Crippen molar-refractivity contribution < 1.29 is 0 Å². The van der Waals surface area contributed by atoms with Gasteiger partial charge in [-0.3, -0.25) is 0 Å². The van der Waals surface area contributed by atoms with Crippen molar-refractivity contribution >= 4 is 65.7 Å². The number of halogens is 2. The van der Waals surface area contributed by atoms with Crippen LogP contribution in [-0.4, -0.2) is 0 Å². The van der Waals surface area contributed by atoms with Crippen LogP contribution in [0.4, 0.5) is 0 Å². The highest BCUT2D eigenvalue weighted by Gasteiger charge is 2.06. The Labute approximate surface area is 110 Å². The van der Waals surface area contributed by atoms with Crippen molar-refractivity contribution in [3.63, 3.8) is 0 Å². The Bertz CT molecular complexity index is 657. The van der Waals surface area contributed by atoms with E-state index in [0.29, 0.717) is 0 Å². The second-order valence-corrected chi connectivity index (χ2v) is 6.01. The summed E-state index contributed by atoms with van der Waals surface area (Å²) in [5.74, 6) is 0. The lowest BCUT2D eigenvalue weighted by Crippen LogP contribution is -1.69. The lowest BCUT2D eigenvalue weighted by Gasteiger charge is -1.93. The van der Waals surface area contributed by atoms with Gasteiger partial charge >= 0.3 is 0 Å². The van der Waals surface area contributed by atoms with Crippen LogP contribution in [0.2, 0.25) is 5.02 Å². The van der Waals surface area contributed by atoms with Gasteiger partial charge in [0.25, 0.3) is 0 Å². The molecule has 0 atom stereocenters. The van der Waals surface area contributed by atoms with E-state index in [-0.39, 0.29) is 0 Å². The van der Waals surface area contributed by atoms with Gasteiger partial charge < -0.3 is 0 Å². The van der Waals surface area contributed by atoms with E-state index in [1.54, 1.807) is 0 Å². The van der Waals surface area contributed by atoms with Gasteiger partial charge in [-0.05, 0) is 40.8 Å². The van der Waals surface area contributed by atoms with Gasteiger partial charge in [-0.1, -0.05) is 29.8 Å². The second kappa shape index (κ2) is 3.61. The van der Waals surface area contributed by atoms with Gasteiger partial charge in [0.05, 0.1) is 0 Å². The van der Waals surface area contributed by atoms with Gasteiger partial charge in [0.2, 0.25) is 0 Å². The average molecular weight is 345 g/mol. The number of thiophene rings is 1. The first-order valence-electron chi connectivity index (χ1n) is 4.52. The highest BCUT2D eigenvalue weighted by molar-refractivity contribution is 14.1. The summed E-state index contributed by atoms with van der Waals surface area (Å²) < 4.78 is 3.93. The van der Waals surface area contributed by atoms with E-state index in [1.807, 2.05) is 23.5 Å². The van der Waals surface area contributed by atoms with Crippen LogP contribution in [0.25, 0.3) is 20.2 Å². The minimum atomic E-state index is 0.809. The topological polar surface area (TPSA) is 0 Å². The van der Waals surface area contributed by atoms with Crippen molar-refractivity contribution in [2.24, 2.45) is 0 Å². The summed E-state index contributed by atoms with van der Waals surface area (Å²) in [5.41, 5.74) is 0. The van der Waals surface area contributed by atoms with Gasteiger partial charge in [0.1, 0.15) is 0 Å². The van der Waals surface area contributed by atoms with E-state index in [2.05, 4.69) is 46.9 Å². The van der Waals surface area contributed by atoms with Crippen LogP contribution in [0.15, 0.2) is 36.4 Å². The minimum Gasteiger partial charge on any atom is -0.134 e. The number of fused-ring (bicyclic) bond motifs is 3. The highest BCUT2D eigenvalue weighted by Crippen LogP contribution is 2.37. The second-order valence-electron chi connectivity index (χ2n) is 3.36. The summed E-state index contributed by atoms with van der Waals surface area (Å²) in [4.78, 5) is 0. The van der Waals surface area contributed by atoms with Gasteiger partial charge in [0, 0.05) is 28.8 Å². The standard InChI is InChI=1S/C12H6ClIS/c13-7-4-5-8-9-2-1-3-10(14)12(9)15-11(8)6-7/h1-6H. The van der Waals surface area contributed by atoms with E-state index < -0.39 is 0 Å². The quantitative estimate of drug-likeness (QED) is 0.485. The largest absolute Gasteiger partial charge is 0.134 e. The summed E-state index contributed by atoms with van der Waals surface area (Å²) in [7, 11) is 0. The fourth-order valence-corrected chi connectivity index (χ4v) is 3.95. The molecule has 1 heterocycles. The molecule has 0 bridgehead atoms. The predicted octanol–water partition coefficient (Wildman–Crippen LogP) is 5.31. The molecule has 0 saturated carbocycles. The number of hydrogen-bond donors (Lipinski definition) is 0. The molecule has 3 heteroatoms. The molecule has 0 aliphatic carbocycles. The monoisotopic (exact) mass is 344 g/mol. The molecular weight excluding hydrogens is 339 g/mol. The molecule has 15 heavy (non-hydrogen) atoms. The normalized spacial score (nSPS) is 11.3. The molecule has 0 radical (unpaired) electrons. The maximum atomic E-state index is 5.99. The first-order chi connectivity index (χ1) is 7.25. The average Bonchev–Trinajstić information content (AvgIpc) is 2.57. The molecular formula is C12H6ClIS. The molecule has 0 spiro atoms. The molecule has 0 aliphatic heterocycles. The van der Waals surface area contributed by atoms with Crippen molar-refractivity contribution in [3.8, 4) is 0 Å². The Balaban J connectivity index is 2.57. The SMILES string of the molecule is Clc1ccc2c(c1)sc1c(I)cccc12. The molecule has 0 aliphatic rings. The van der Waals surface area contributed by atoms with Crippen LogP contribution >= 0.6 is 45.5 Å². The van der Waals surface area contributed by atoms with Gasteiger partial charge in [-0.2, -0.15) is 0 Å². The Kier molecular flexibility index (Phi) is 2.38. The third kappa shape index (κ3) is 1.55. The van der Waals surface area contributed by atoms with Crippen LogP contribution in [0, 0.1) is 3.57 Å². The van der Waals surface area contributed by atoms with Crippen LogP contribution in [-0.2, 0) is 0 Å². The molecule has 3 rings (SSSR count). The third-order valence-electron chi connectivity index (χ3n) is 2.41. The maximum absolute atomic E-state index is 5.99. The fourth-order valence-electron chi connectivity index (χ4n) is 1.74. The summed E-state index contributed by atoms with van der Waals surface area (Å²) in [6.45, 7) is 0. The van der Waals surface area contributed by atoms with Crippen molar-refractivity contribution in [2.75, 3.05) is 0 Å². The van der Waals surface area contributed by atoms with Gasteiger partial charge in [0.15, 0.2) is 0 Å². The lowest BCUT2D eigenvalue weighted by molar-refractivity contribution is 1.79. The van der Waals surface area contributed by atoms with E-state index in [9.17, 15) is 0 Å². The van der Waals surface area contributed by atoms with E-state index in [4.69, 9.17) is 11.6 Å². The van der Waals surface area contributed by atoms with E-state index >= 15 is 0 Å². The molecule has 1 aromatic heterocycles. The van der Waals surface area contributed by atoms with Gasteiger partial charge in [-0.25, -0.2) is 0 Å². The maximum Gasteiger partial charge on any atom is 0.0488 e. The van der Waals surface area contributed by atoms with Crippen molar-refractivity contribution in [1.82, 2.24) is 0 Å². The summed E-state index contributed by atoms with van der Waals surface area (Å²) >= 11 is 10.2. The lowest BCUT2D eigenvalue weighted by atomic mass is 10.2.